The highest BCUT2D eigenvalue weighted by Crippen LogP contribution is 2.28. The quantitative estimate of drug-likeness (QED) is 0.741. The van der Waals surface area contributed by atoms with E-state index in [2.05, 4.69) is 9.97 Å². The fourth-order valence-electron chi connectivity index (χ4n) is 2.29. The molecule has 1 aliphatic rings. The Morgan fingerprint density at radius 1 is 1.62 bits per heavy atom. The van der Waals surface area contributed by atoms with Crippen LogP contribution in [0.3, 0.4) is 0 Å². The molecule has 1 aromatic heterocycles. The molecule has 0 aromatic carbocycles. The van der Waals surface area contributed by atoms with E-state index in [-0.39, 0.29) is 24.4 Å². The maximum absolute atomic E-state index is 10.9. The first-order valence-electron chi connectivity index (χ1n) is 6.56. The lowest BCUT2D eigenvalue weighted by atomic mass is 10.2. The maximum Gasteiger partial charge on any atom is 0.231 e. The minimum atomic E-state index is -0.364. The smallest absolute Gasteiger partial charge is 0.231 e. The van der Waals surface area contributed by atoms with E-state index in [0.717, 1.165) is 0 Å². The number of hydrogen-bond donors (Lipinski definition) is 2. The predicted octanol–water partition coefficient (Wildman–Crippen LogP) is -0.665. The van der Waals surface area contributed by atoms with Gasteiger partial charge in [-0.05, 0) is 7.05 Å². The van der Waals surface area contributed by atoms with Crippen molar-refractivity contribution in [1.29, 1.82) is 0 Å². The maximum atomic E-state index is 10.9. The Kier molecular flexibility index (Phi) is 5.16. The number of hydrogen-bond acceptors (Lipinski definition) is 7. The van der Waals surface area contributed by atoms with Crippen LogP contribution in [0.2, 0.25) is 5.02 Å². The van der Waals surface area contributed by atoms with E-state index in [4.69, 9.17) is 27.8 Å². The van der Waals surface area contributed by atoms with Gasteiger partial charge in [-0.2, -0.15) is 0 Å². The zero-order valence-electron chi connectivity index (χ0n) is 11.8. The number of carbonyl (C=O) groups is 1. The summed E-state index contributed by atoms with van der Waals surface area (Å²) in [5.74, 6) is 0.502. The second-order valence-corrected chi connectivity index (χ2v) is 5.38. The van der Waals surface area contributed by atoms with Crippen molar-refractivity contribution >= 4 is 29.1 Å². The fraction of sp³-hybridized carbons (Fsp3) is 0.583. The van der Waals surface area contributed by atoms with Gasteiger partial charge < -0.3 is 21.1 Å². The number of nitrogens with zero attached hydrogens (tertiary/aromatic N) is 4. The molecule has 1 aromatic rings. The number of ether oxygens (including phenoxy) is 1. The molecule has 9 heteroatoms. The summed E-state index contributed by atoms with van der Waals surface area (Å²) in [5.41, 5.74) is 10.9. The molecule has 0 radical (unpaired) electrons. The highest BCUT2D eigenvalue weighted by molar-refractivity contribution is 6.35. The molecule has 1 saturated heterocycles. The van der Waals surface area contributed by atoms with E-state index in [0.29, 0.717) is 37.1 Å². The van der Waals surface area contributed by atoms with Crippen LogP contribution in [-0.4, -0.2) is 66.7 Å². The standard InChI is InChI=1S/C12H19ClN6O2/c1-18(6-9(14)20)4-8-5-19(2-3-21-8)12-10(13)11(15)16-7-17-12/h7-8H,2-6H2,1H3,(H2,14,20)(H2,15,16,17)/t8-/m0/s1. The minimum absolute atomic E-state index is 0.0599. The largest absolute Gasteiger partial charge is 0.382 e. The molecular weight excluding hydrogens is 296 g/mol. The van der Waals surface area contributed by atoms with Crippen LogP contribution >= 0.6 is 11.6 Å². The molecule has 1 fully saturated rings. The Labute approximate surface area is 128 Å². The van der Waals surface area contributed by atoms with E-state index < -0.39 is 0 Å². The number of likely N-dealkylation sites (N-methyl/N-ethyl adjacent to an activating group) is 1. The third-order valence-corrected chi connectivity index (χ3v) is 3.54. The molecule has 116 valence electrons. The summed E-state index contributed by atoms with van der Waals surface area (Å²) in [7, 11) is 1.82. The second-order valence-electron chi connectivity index (χ2n) is 5.00. The monoisotopic (exact) mass is 314 g/mol. The summed E-state index contributed by atoms with van der Waals surface area (Å²) in [5, 5.41) is 0.351. The van der Waals surface area contributed by atoms with Crippen molar-refractivity contribution < 1.29 is 9.53 Å². The van der Waals surface area contributed by atoms with Crippen molar-refractivity contribution in [3.05, 3.63) is 11.3 Å². The second kappa shape index (κ2) is 6.88. The number of nitrogens with two attached hydrogens (primary N) is 2. The molecule has 2 rings (SSSR count). The number of primary amides is 1. The van der Waals surface area contributed by atoms with E-state index in [1.54, 1.807) is 0 Å². The molecule has 2 heterocycles. The molecule has 0 aliphatic carbocycles. The molecule has 0 spiro atoms. The van der Waals surface area contributed by atoms with Gasteiger partial charge in [0.25, 0.3) is 0 Å². The van der Waals surface area contributed by atoms with Crippen LogP contribution in [0.15, 0.2) is 6.33 Å². The molecule has 21 heavy (non-hydrogen) atoms. The van der Waals surface area contributed by atoms with Crippen LogP contribution < -0.4 is 16.4 Å². The van der Waals surface area contributed by atoms with Crippen LogP contribution in [0.25, 0.3) is 0 Å². The zero-order chi connectivity index (χ0) is 15.4. The van der Waals surface area contributed by atoms with Crippen molar-refractivity contribution in [2.75, 3.05) is 50.5 Å². The van der Waals surface area contributed by atoms with E-state index in [1.165, 1.54) is 6.33 Å². The number of amides is 1. The third-order valence-electron chi connectivity index (χ3n) is 3.18. The third kappa shape index (κ3) is 4.16. The van der Waals surface area contributed by atoms with Crippen molar-refractivity contribution in [1.82, 2.24) is 14.9 Å². The van der Waals surface area contributed by atoms with E-state index >= 15 is 0 Å². The average Bonchev–Trinajstić information content (AvgIpc) is 2.41. The highest BCUT2D eigenvalue weighted by atomic mass is 35.5. The number of carbonyl (C=O) groups excluding carboxylic acids is 1. The Hall–Kier alpha value is -1.64. The van der Waals surface area contributed by atoms with Gasteiger partial charge >= 0.3 is 0 Å². The lowest BCUT2D eigenvalue weighted by Crippen LogP contribution is -2.48. The van der Waals surface area contributed by atoms with Gasteiger partial charge in [-0.15, -0.1) is 0 Å². The van der Waals surface area contributed by atoms with Crippen LogP contribution in [0.5, 0.6) is 0 Å². The van der Waals surface area contributed by atoms with E-state index in [9.17, 15) is 4.79 Å². The normalized spacial score (nSPS) is 19.0. The Morgan fingerprint density at radius 2 is 2.38 bits per heavy atom. The number of rotatable bonds is 5. The van der Waals surface area contributed by atoms with Crippen molar-refractivity contribution in [2.24, 2.45) is 5.73 Å². The van der Waals surface area contributed by atoms with Crippen LogP contribution in [0.1, 0.15) is 0 Å². The fourth-order valence-corrected chi connectivity index (χ4v) is 2.51. The first-order valence-corrected chi connectivity index (χ1v) is 6.94. The summed E-state index contributed by atoms with van der Waals surface area (Å²) in [6, 6.07) is 0. The SMILES string of the molecule is CN(CC(N)=O)C[C@H]1CN(c2ncnc(N)c2Cl)CCO1. The van der Waals surface area contributed by atoms with Crippen molar-refractivity contribution in [3.8, 4) is 0 Å². The molecule has 0 bridgehead atoms. The van der Waals surface area contributed by atoms with Crippen LogP contribution in [0, 0.1) is 0 Å². The predicted molar refractivity (Wildman–Crippen MR) is 80.1 cm³/mol. The first-order chi connectivity index (χ1) is 9.97. The number of aromatic nitrogens is 2. The van der Waals surface area contributed by atoms with Crippen LogP contribution in [0.4, 0.5) is 11.6 Å². The molecule has 0 saturated carbocycles. The van der Waals surface area contributed by atoms with Gasteiger partial charge in [0.15, 0.2) is 5.82 Å². The Bertz CT molecular complexity index is 515. The lowest BCUT2D eigenvalue weighted by Gasteiger charge is -2.35. The molecule has 1 atom stereocenters. The van der Waals surface area contributed by atoms with Crippen molar-refractivity contribution in [2.45, 2.75) is 6.10 Å². The Morgan fingerprint density at radius 3 is 3.10 bits per heavy atom. The zero-order valence-corrected chi connectivity index (χ0v) is 12.6. The van der Waals surface area contributed by atoms with Gasteiger partial charge in [-0.1, -0.05) is 11.6 Å². The van der Waals surface area contributed by atoms with Crippen LogP contribution in [-0.2, 0) is 9.53 Å². The molecule has 1 amide bonds. The summed E-state index contributed by atoms with van der Waals surface area (Å²) in [6.07, 6.45) is 1.33. The summed E-state index contributed by atoms with van der Waals surface area (Å²) in [6.45, 7) is 2.62. The Balaban J connectivity index is 2.00. The van der Waals surface area contributed by atoms with Gasteiger partial charge in [-0.3, -0.25) is 9.69 Å². The number of anilines is 2. The average molecular weight is 315 g/mol. The highest BCUT2D eigenvalue weighted by Gasteiger charge is 2.25. The summed E-state index contributed by atoms with van der Waals surface area (Å²) in [4.78, 5) is 22.8. The molecule has 1 aliphatic heterocycles. The number of halogens is 1. The number of nitrogen functional groups attached to an aromatic ring is 1. The van der Waals surface area contributed by atoms with Gasteiger partial charge in [0.2, 0.25) is 5.91 Å². The molecule has 4 N–H and O–H groups in total. The van der Waals surface area contributed by atoms with Gasteiger partial charge in [-0.25, -0.2) is 9.97 Å². The topological polar surface area (TPSA) is 111 Å². The molecular formula is C12H19ClN6O2. The first kappa shape index (κ1) is 15.7. The van der Waals surface area contributed by atoms with Gasteiger partial charge in [0, 0.05) is 19.6 Å². The summed E-state index contributed by atoms with van der Waals surface area (Å²) < 4.78 is 5.70. The van der Waals surface area contributed by atoms with Gasteiger partial charge in [0.1, 0.15) is 17.2 Å². The number of morpholine rings is 1. The van der Waals surface area contributed by atoms with Gasteiger partial charge in [0.05, 0.1) is 19.3 Å². The van der Waals surface area contributed by atoms with E-state index in [1.807, 2.05) is 16.8 Å². The lowest BCUT2D eigenvalue weighted by molar-refractivity contribution is -0.119. The minimum Gasteiger partial charge on any atom is -0.382 e. The molecule has 0 unspecified atom stereocenters. The van der Waals surface area contributed by atoms with Crippen molar-refractivity contribution in [3.63, 3.8) is 0 Å². The molecule has 8 nitrogen and oxygen atoms in total. The summed E-state index contributed by atoms with van der Waals surface area (Å²) >= 11 is 6.14.